The van der Waals surface area contributed by atoms with E-state index < -0.39 is 6.09 Å². The Morgan fingerprint density at radius 1 is 1.19 bits per heavy atom. The van der Waals surface area contributed by atoms with E-state index in [1.807, 2.05) is 30.3 Å². The van der Waals surface area contributed by atoms with Gasteiger partial charge in [-0.15, -0.1) is 0 Å². The highest BCUT2D eigenvalue weighted by atomic mass is 32.1. The average molecular weight is 387 g/mol. The van der Waals surface area contributed by atoms with Crippen LogP contribution < -0.4 is 10.6 Å². The number of hydrogen-bond donors (Lipinski definition) is 3. The van der Waals surface area contributed by atoms with Crippen LogP contribution in [0.4, 0.5) is 4.79 Å². The van der Waals surface area contributed by atoms with E-state index in [1.54, 1.807) is 17.0 Å². The first-order chi connectivity index (χ1) is 13.1. The summed E-state index contributed by atoms with van der Waals surface area (Å²) in [5.74, 6) is 0.0354. The minimum atomic E-state index is -0.429. The Hall–Kier alpha value is -2.84. The third kappa shape index (κ3) is 4.66. The molecule has 27 heavy (non-hydrogen) atoms. The summed E-state index contributed by atoms with van der Waals surface area (Å²) in [6.45, 7) is 1.29. The lowest BCUT2D eigenvalue weighted by molar-refractivity contribution is 0.0975. The first-order valence-corrected chi connectivity index (χ1v) is 9.39. The van der Waals surface area contributed by atoms with Gasteiger partial charge in [0.15, 0.2) is 0 Å². The third-order valence-corrected chi connectivity index (χ3v) is 5.11. The normalized spacial score (nSPS) is 10.9. The van der Waals surface area contributed by atoms with Gasteiger partial charge in [0.25, 0.3) is 0 Å². The van der Waals surface area contributed by atoms with Crippen LogP contribution in [-0.4, -0.2) is 40.7 Å². The van der Waals surface area contributed by atoms with Crippen molar-refractivity contribution in [3.8, 4) is 5.75 Å². The number of aromatic amines is 1. The van der Waals surface area contributed by atoms with Crippen molar-refractivity contribution in [3.63, 3.8) is 0 Å². The lowest BCUT2D eigenvalue weighted by Gasteiger charge is -2.21. The van der Waals surface area contributed by atoms with Crippen LogP contribution in [0.1, 0.15) is 11.1 Å². The summed E-state index contributed by atoms with van der Waals surface area (Å²) in [7, 11) is 0. The van der Waals surface area contributed by atoms with Crippen LogP contribution in [0.3, 0.4) is 0 Å². The first-order valence-electron chi connectivity index (χ1n) is 8.58. The predicted octanol–water partition coefficient (Wildman–Crippen LogP) is 2.44. The summed E-state index contributed by atoms with van der Waals surface area (Å²) in [6.07, 6.45) is 0.0898. The Kier molecular flexibility index (Phi) is 6.10. The van der Waals surface area contributed by atoms with E-state index in [0.29, 0.717) is 36.3 Å². The topological polar surface area (TPSA) is 109 Å². The van der Waals surface area contributed by atoms with E-state index in [-0.39, 0.29) is 17.2 Å². The van der Waals surface area contributed by atoms with Crippen LogP contribution in [0.5, 0.6) is 5.75 Å². The van der Waals surface area contributed by atoms with E-state index >= 15 is 0 Å². The molecule has 0 saturated heterocycles. The maximum Gasteiger partial charge on any atom is 0.410 e. The lowest BCUT2D eigenvalue weighted by atomic mass is 10.1. The number of thiazole rings is 1. The van der Waals surface area contributed by atoms with Gasteiger partial charge in [-0.3, -0.25) is 4.79 Å². The Bertz CT molecular complexity index is 968. The zero-order valence-electron chi connectivity index (χ0n) is 14.7. The number of H-pyrrole nitrogens is 1. The highest BCUT2D eigenvalue weighted by Gasteiger charge is 2.16. The SMILES string of the molecule is NCCN(CCc1ccc(O)c2[nH]c(=O)sc12)C(=O)OCc1ccccc1. The highest BCUT2D eigenvalue weighted by molar-refractivity contribution is 7.16. The van der Waals surface area contributed by atoms with Gasteiger partial charge in [-0.2, -0.15) is 0 Å². The highest BCUT2D eigenvalue weighted by Crippen LogP contribution is 2.28. The summed E-state index contributed by atoms with van der Waals surface area (Å²) in [6, 6.07) is 12.8. The fourth-order valence-corrected chi connectivity index (χ4v) is 3.68. The number of amides is 1. The summed E-state index contributed by atoms with van der Waals surface area (Å²) in [5.41, 5.74) is 7.85. The predicted molar refractivity (Wildman–Crippen MR) is 105 cm³/mol. The maximum atomic E-state index is 12.4. The molecule has 1 aromatic heterocycles. The third-order valence-electron chi connectivity index (χ3n) is 4.15. The molecule has 1 amide bonds. The number of fused-ring (bicyclic) bond motifs is 1. The van der Waals surface area contributed by atoms with Crippen LogP contribution in [0.15, 0.2) is 47.3 Å². The monoisotopic (exact) mass is 387 g/mol. The van der Waals surface area contributed by atoms with Gasteiger partial charge in [0.05, 0.1) is 4.70 Å². The smallest absolute Gasteiger partial charge is 0.410 e. The second-order valence-electron chi connectivity index (χ2n) is 6.03. The molecule has 2 aromatic carbocycles. The number of nitrogens with one attached hydrogen (secondary N) is 1. The molecule has 0 fully saturated rings. The lowest BCUT2D eigenvalue weighted by Crippen LogP contribution is -2.37. The summed E-state index contributed by atoms with van der Waals surface area (Å²) in [5, 5.41) is 9.87. The summed E-state index contributed by atoms with van der Waals surface area (Å²) >= 11 is 1.04. The number of phenols is 1. The Morgan fingerprint density at radius 2 is 1.96 bits per heavy atom. The molecule has 3 rings (SSSR count). The van der Waals surface area contributed by atoms with Crippen molar-refractivity contribution in [1.29, 1.82) is 0 Å². The fraction of sp³-hybridized carbons (Fsp3) is 0.263. The minimum absolute atomic E-state index is 0.0354. The van der Waals surface area contributed by atoms with Gasteiger partial charge in [0.1, 0.15) is 17.9 Å². The van der Waals surface area contributed by atoms with Gasteiger partial charge < -0.3 is 25.5 Å². The Morgan fingerprint density at radius 3 is 2.70 bits per heavy atom. The van der Waals surface area contributed by atoms with Crippen molar-refractivity contribution in [1.82, 2.24) is 9.88 Å². The number of aromatic hydroxyl groups is 1. The van der Waals surface area contributed by atoms with Crippen LogP contribution >= 0.6 is 11.3 Å². The number of aromatic nitrogens is 1. The van der Waals surface area contributed by atoms with Crippen molar-refractivity contribution < 1.29 is 14.6 Å². The standard InChI is InChI=1S/C19H21N3O4S/c20-9-11-22(19(25)26-12-13-4-2-1-3-5-13)10-8-14-6-7-15(23)16-17(14)27-18(24)21-16/h1-7,23H,8-12,20H2,(H,21,24). The van der Waals surface area contributed by atoms with Crippen LogP contribution in [-0.2, 0) is 17.8 Å². The van der Waals surface area contributed by atoms with Crippen LogP contribution in [0.2, 0.25) is 0 Å². The molecular formula is C19H21N3O4S. The van der Waals surface area contributed by atoms with E-state index in [9.17, 15) is 14.7 Å². The second kappa shape index (κ2) is 8.70. The molecule has 0 aliphatic rings. The molecule has 7 nitrogen and oxygen atoms in total. The van der Waals surface area contributed by atoms with Crippen LogP contribution in [0, 0.1) is 0 Å². The average Bonchev–Trinajstić information content (AvgIpc) is 3.08. The van der Waals surface area contributed by atoms with Crippen molar-refractivity contribution in [2.24, 2.45) is 5.73 Å². The number of rotatable bonds is 7. The molecule has 0 aliphatic carbocycles. The number of nitrogens with zero attached hydrogens (tertiary/aromatic N) is 1. The number of benzene rings is 2. The molecule has 0 unspecified atom stereocenters. The molecule has 1 heterocycles. The molecule has 0 atom stereocenters. The number of carbonyl (C=O) groups is 1. The molecule has 8 heteroatoms. The molecule has 0 bridgehead atoms. The zero-order chi connectivity index (χ0) is 19.2. The quantitative estimate of drug-likeness (QED) is 0.577. The maximum absolute atomic E-state index is 12.4. The van der Waals surface area contributed by atoms with Crippen molar-refractivity contribution in [3.05, 3.63) is 63.3 Å². The van der Waals surface area contributed by atoms with Crippen molar-refractivity contribution in [2.45, 2.75) is 13.0 Å². The molecule has 0 radical (unpaired) electrons. The van der Waals surface area contributed by atoms with E-state index in [2.05, 4.69) is 4.98 Å². The Balaban J connectivity index is 1.67. The molecule has 0 aliphatic heterocycles. The number of phenolic OH excluding ortho intramolecular Hbond substituents is 1. The van der Waals surface area contributed by atoms with Gasteiger partial charge in [-0.1, -0.05) is 47.7 Å². The number of nitrogens with two attached hydrogens (primary N) is 1. The zero-order valence-corrected chi connectivity index (χ0v) is 15.5. The molecule has 0 saturated carbocycles. The van der Waals surface area contributed by atoms with Gasteiger partial charge in [0, 0.05) is 19.6 Å². The molecule has 4 N–H and O–H groups in total. The van der Waals surface area contributed by atoms with Crippen molar-refractivity contribution >= 4 is 27.6 Å². The second-order valence-corrected chi connectivity index (χ2v) is 7.01. The largest absolute Gasteiger partial charge is 0.506 e. The van der Waals surface area contributed by atoms with Crippen molar-refractivity contribution in [2.75, 3.05) is 19.6 Å². The molecule has 0 spiro atoms. The summed E-state index contributed by atoms with van der Waals surface area (Å²) < 4.78 is 6.08. The summed E-state index contributed by atoms with van der Waals surface area (Å²) in [4.78, 5) is 28.0. The number of ether oxygens (including phenoxy) is 1. The first kappa shape index (κ1) is 18.9. The van der Waals surface area contributed by atoms with E-state index in [4.69, 9.17) is 10.5 Å². The van der Waals surface area contributed by atoms with Crippen LogP contribution in [0.25, 0.3) is 10.2 Å². The van der Waals surface area contributed by atoms with Gasteiger partial charge in [-0.05, 0) is 23.6 Å². The molecule has 3 aromatic rings. The number of carbonyl (C=O) groups excluding carboxylic acids is 1. The van der Waals surface area contributed by atoms with E-state index in [1.165, 1.54) is 0 Å². The number of hydrogen-bond acceptors (Lipinski definition) is 6. The Labute approximate surface area is 160 Å². The van der Waals surface area contributed by atoms with Gasteiger partial charge in [-0.25, -0.2) is 4.79 Å². The van der Waals surface area contributed by atoms with E-state index in [0.717, 1.165) is 22.5 Å². The van der Waals surface area contributed by atoms with Gasteiger partial charge in [0.2, 0.25) is 0 Å². The van der Waals surface area contributed by atoms with Gasteiger partial charge >= 0.3 is 11.0 Å². The minimum Gasteiger partial charge on any atom is -0.506 e. The molecular weight excluding hydrogens is 366 g/mol. The fourth-order valence-electron chi connectivity index (χ4n) is 2.79. The molecule has 142 valence electrons.